The number of likely N-dealkylation sites (tertiary alicyclic amines) is 1. The SMILES string of the molecule is Cc1cn2c(-c3cnn(CC(=O)Nc4cnc5ccccc5c4)c3)cnc2c(NC(S)CC(=N)CN2CCCC(C)C2)n1. The maximum absolute atomic E-state index is 12.8. The number of aryl methyl sites for hydroxylation is 1. The molecule has 222 valence electrons. The number of hydrogen-bond acceptors (Lipinski definition) is 9. The predicted molar refractivity (Wildman–Crippen MR) is 173 cm³/mol. The van der Waals surface area contributed by atoms with Gasteiger partial charge in [0.2, 0.25) is 5.91 Å². The molecule has 0 spiro atoms. The Morgan fingerprint density at radius 2 is 2.02 bits per heavy atom. The molecule has 4 aromatic heterocycles. The minimum absolute atomic E-state index is 0.0561. The highest BCUT2D eigenvalue weighted by atomic mass is 32.1. The van der Waals surface area contributed by atoms with E-state index in [9.17, 15) is 4.79 Å². The highest BCUT2D eigenvalue weighted by Gasteiger charge is 2.20. The number of carbonyl (C=O) groups is 1. The first-order valence-electron chi connectivity index (χ1n) is 14.6. The lowest BCUT2D eigenvalue weighted by atomic mass is 10.00. The first-order chi connectivity index (χ1) is 20.8. The summed E-state index contributed by atoms with van der Waals surface area (Å²) in [6.45, 7) is 7.04. The Balaban J connectivity index is 1.11. The second kappa shape index (κ2) is 12.5. The maximum atomic E-state index is 12.8. The van der Waals surface area contributed by atoms with Gasteiger partial charge in [0.25, 0.3) is 0 Å². The number of fused-ring (bicyclic) bond motifs is 2. The highest BCUT2D eigenvalue weighted by Crippen LogP contribution is 2.25. The number of carbonyl (C=O) groups excluding carboxylic acids is 1. The zero-order chi connectivity index (χ0) is 29.9. The van der Waals surface area contributed by atoms with Crippen LogP contribution in [0.5, 0.6) is 0 Å². The van der Waals surface area contributed by atoms with Crippen LogP contribution in [0, 0.1) is 18.3 Å². The van der Waals surface area contributed by atoms with Crippen LogP contribution in [0.3, 0.4) is 0 Å². The fourth-order valence-corrected chi connectivity index (χ4v) is 6.04. The number of nitrogens with zero attached hydrogens (tertiary/aromatic N) is 7. The maximum Gasteiger partial charge on any atom is 0.246 e. The molecule has 6 rings (SSSR count). The molecule has 2 unspecified atom stereocenters. The lowest BCUT2D eigenvalue weighted by molar-refractivity contribution is -0.116. The summed E-state index contributed by atoms with van der Waals surface area (Å²) in [7, 11) is 0. The molecule has 1 aliphatic heterocycles. The van der Waals surface area contributed by atoms with Gasteiger partial charge in [-0.3, -0.25) is 23.8 Å². The topological polar surface area (TPSA) is 129 Å². The van der Waals surface area contributed by atoms with Crippen molar-refractivity contribution in [2.45, 2.75) is 45.0 Å². The Morgan fingerprint density at radius 3 is 2.88 bits per heavy atom. The molecule has 0 aliphatic carbocycles. The van der Waals surface area contributed by atoms with Crippen LogP contribution in [0.2, 0.25) is 0 Å². The summed E-state index contributed by atoms with van der Waals surface area (Å²) in [6, 6.07) is 9.68. The van der Waals surface area contributed by atoms with Crippen molar-refractivity contribution in [2.75, 3.05) is 30.3 Å². The first-order valence-corrected chi connectivity index (χ1v) is 15.1. The number of thiol groups is 1. The zero-order valence-electron chi connectivity index (χ0n) is 24.4. The van der Waals surface area contributed by atoms with Gasteiger partial charge >= 0.3 is 0 Å². The standard InChI is InChI=1S/C31H36N10OS/c1-20-6-5-9-39(15-20)18-24(32)11-29(43)38-30-31-34-14-27(41(31)16-21(2)36-30)23-12-35-40(17-23)19-28(42)37-25-10-22-7-3-4-8-26(22)33-13-25/h3-4,7-8,10,12-14,16-17,20,29,32,43H,5-6,9,11,15,18-19H2,1-2H3,(H,36,38)(H,37,42). The van der Waals surface area contributed by atoms with Gasteiger partial charge in [-0.2, -0.15) is 17.7 Å². The van der Waals surface area contributed by atoms with Crippen LogP contribution < -0.4 is 10.6 Å². The molecule has 43 heavy (non-hydrogen) atoms. The van der Waals surface area contributed by atoms with E-state index in [1.807, 2.05) is 54.0 Å². The van der Waals surface area contributed by atoms with Crippen molar-refractivity contribution in [1.29, 1.82) is 5.41 Å². The molecule has 0 radical (unpaired) electrons. The third kappa shape index (κ3) is 6.86. The largest absolute Gasteiger partial charge is 0.355 e. The van der Waals surface area contributed by atoms with Gasteiger partial charge in [0.1, 0.15) is 6.54 Å². The first kappa shape index (κ1) is 28.8. The van der Waals surface area contributed by atoms with Crippen LogP contribution in [0.25, 0.3) is 27.8 Å². The molecular weight excluding hydrogens is 560 g/mol. The molecule has 1 fully saturated rings. The third-order valence-electron chi connectivity index (χ3n) is 7.62. The van der Waals surface area contributed by atoms with E-state index in [0.717, 1.165) is 40.9 Å². The van der Waals surface area contributed by atoms with Gasteiger partial charge in [-0.15, -0.1) is 0 Å². The van der Waals surface area contributed by atoms with Crippen molar-refractivity contribution in [1.82, 2.24) is 34.0 Å². The summed E-state index contributed by atoms with van der Waals surface area (Å²) in [4.78, 5) is 28.9. The zero-order valence-corrected chi connectivity index (χ0v) is 25.3. The summed E-state index contributed by atoms with van der Waals surface area (Å²) in [5, 5.41) is 19.9. The molecule has 1 aliphatic rings. The monoisotopic (exact) mass is 596 g/mol. The fourth-order valence-electron chi connectivity index (χ4n) is 5.70. The van der Waals surface area contributed by atoms with E-state index in [-0.39, 0.29) is 17.8 Å². The van der Waals surface area contributed by atoms with Crippen molar-refractivity contribution in [2.24, 2.45) is 5.92 Å². The van der Waals surface area contributed by atoms with Crippen molar-refractivity contribution in [3.63, 3.8) is 0 Å². The molecule has 0 bridgehead atoms. The molecule has 2 atom stereocenters. The van der Waals surface area contributed by atoms with E-state index in [2.05, 4.69) is 42.5 Å². The average Bonchev–Trinajstić information content (AvgIpc) is 3.59. The molecule has 12 heteroatoms. The number of imidazole rings is 1. The Hall–Kier alpha value is -4.29. The Bertz CT molecular complexity index is 1780. The fraction of sp³-hybridized carbons (Fsp3) is 0.355. The molecule has 1 amide bonds. The molecule has 11 nitrogen and oxygen atoms in total. The van der Waals surface area contributed by atoms with Gasteiger partial charge in [-0.25, -0.2) is 9.97 Å². The minimum atomic E-state index is -0.271. The van der Waals surface area contributed by atoms with E-state index in [1.54, 1.807) is 23.3 Å². The lowest BCUT2D eigenvalue weighted by Gasteiger charge is -2.31. The molecule has 5 aromatic rings. The molecular formula is C31H36N10OS. The molecule has 3 N–H and O–H groups in total. The minimum Gasteiger partial charge on any atom is -0.355 e. The summed E-state index contributed by atoms with van der Waals surface area (Å²) in [6.07, 6.45) is 11.9. The number of nitrogens with one attached hydrogen (secondary N) is 3. The van der Waals surface area contributed by atoms with E-state index in [4.69, 9.17) is 18.0 Å². The molecule has 1 aromatic carbocycles. The van der Waals surface area contributed by atoms with Gasteiger partial charge in [0.15, 0.2) is 11.5 Å². The number of rotatable bonds is 10. The van der Waals surface area contributed by atoms with Crippen molar-refractivity contribution >= 4 is 52.3 Å². The number of pyridine rings is 1. The number of aromatic nitrogens is 6. The van der Waals surface area contributed by atoms with Crippen molar-refractivity contribution < 1.29 is 4.79 Å². The number of para-hydroxylation sites is 1. The molecule has 1 saturated heterocycles. The number of piperidine rings is 1. The van der Waals surface area contributed by atoms with Gasteiger partial charge in [-0.05, 0) is 44.4 Å². The lowest BCUT2D eigenvalue weighted by Crippen LogP contribution is -2.38. The smallest absolute Gasteiger partial charge is 0.246 e. The van der Waals surface area contributed by atoms with Gasteiger partial charge in [0.05, 0.1) is 46.6 Å². The Labute approximate surface area is 255 Å². The summed E-state index contributed by atoms with van der Waals surface area (Å²) in [5.74, 6) is 1.10. The van der Waals surface area contributed by atoms with Gasteiger partial charge in [0, 0.05) is 48.6 Å². The summed E-state index contributed by atoms with van der Waals surface area (Å²) < 4.78 is 3.57. The Kier molecular flexibility index (Phi) is 8.39. The van der Waals surface area contributed by atoms with Gasteiger partial charge in [-0.1, -0.05) is 25.1 Å². The quantitative estimate of drug-likeness (QED) is 0.103. The summed E-state index contributed by atoms with van der Waals surface area (Å²) >= 11 is 4.74. The van der Waals surface area contributed by atoms with Crippen LogP contribution in [0.1, 0.15) is 31.9 Å². The number of benzene rings is 1. The summed E-state index contributed by atoms with van der Waals surface area (Å²) in [5.41, 5.74) is 5.29. The number of hydrogen-bond donors (Lipinski definition) is 4. The van der Waals surface area contributed by atoms with Crippen LogP contribution in [-0.2, 0) is 11.3 Å². The van der Waals surface area contributed by atoms with Crippen molar-refractivity contribution in [3.05, 3.63) is 67.0 Å². The van der Waals surface area contributed by atoms with Crippen LogP contribution >= 0.6 is 12.6 Å². The normalized spacial score (nSPS) is 16.4. The second-order valence-electron chi connectivity index (χ2n) is 11.4. The second-order valence-corrected chi connectivity index (χ2v) is 12.0. The van der Waals surface area contributed by atoms with Gasteiger partial charge < -0.3 is 16.0 Å². The molecule has 5 heterocycles. The number of anilines is 2. The van der Waals surface area contributed by atoms with Crippen LogP contribution in [-0.4, -0.2) is 70.7 Å². The van der Waals surface area contributed by atoms with E-state index >= 15 is 0 Å². The van der Waals surface area contributed by atoms with E-state index in [0.29, 0.717) is 41.7 Å². The molecule has 0 saturated carbocycles. The van der Waals surface area contributed by atoms with Crippen LogP contribution in [0.15, 0.2) is 61.3 Å². The van der Waals surface area contributed by atoms with E-state index in [1.165, 1.54) is 12.8 Å². The highest BCUT2D eigenvalue weighted by molar-refractivity contribution is 7.81. The third-order valence-corrected chi connectivity index (χ3v) is 7.93. The van der Waals surface area contributed by atoms with Crippen molar-refractivity contribution in [3.8, 4) is 11.3 Å². The number of amides is 1. The van der Waals surface area contributed by atoms with E-state index < -0.39 is 0 Å². The Morgan fingerprint density at radius 1 is 1.16 bits per heavy atom. The average molecular weight is 597 g/mol. The van der Waals surface area contributed by atoms with Crippen LogP contribution in [0.4, 0.5) is 11.5 Å². The predicted octanol–water partition coefficient (Wildman–Crippen LogP) is 4.90.